The van der Waals surface area contributed by atoms with Crippen LogP contribution in [0.3, 0.4) is 0 Å². The van der Waals surface area contributed by atoms with Crippen LogP contribution in [0.15, 0.2) is 12.1 Å². The van der Waals surface area contributed by atoms with Gasteiger partial charge in [-0.25, -0.2) is 0 Å². The third-order valence-corrected chi connectivity index (χ3v) is 4.91. The molecule has 1 aliphatic rings. The number of fused-ring (bicyclic) bond motifs is 1. The van der Waals surface area contributed by atoms with Crippen LogP contribution in [0, 0.1) is 10.1 Å². The third kappa shape index (κ3) is 5.17. The zero-order chi connectivity index (χ0) is 20.2. The second kappa shape index (κ2) is 8.67. The second-order valence-electron chi connectivity index (χ2n) is 7.65. The molecule has 1 aromatic carbocycles. The number of rotatable bonds is 9. The standard InChI is InChI=1S/C19H29N3O5/c1-12(23)8-6-4-5-7-9-21-17-13-10-14(20)15(22(25)26)11-16(13)27-19(2,3)18(17)24/h10-11,17-18,21,24H,4-9,20H2,1-3H3. The first-order chi connectivity index (χ1) is 12.6. The molecule has 0 aromatic heterocycles. The summed E-state index contributed by atoms with van der Waals surface area (Å²) in [5, 5.41) is 25.2. The number of ketones is 1. The highest BCUT2D eigenvalue weighted by molar-refractivity contribution is 5.75. The van der Waals surface area contributed by atoms with Crippen LogP contribution in [-0.2, 0) is 4.79 Å². The predicted octanol–water partition coefficient (Wildman–Crippen LogP) is 2.88. The number of carbonyl (C=O) groups is 1. The zero-order valence-electron chi connectivity index (χ0n) is 16.2. The third-order valence-electron chi connectivity index (χ3n) is 4.91. The van der Waals surface area contributed by atoms with Crippen molar-refractivity contribution in [1.82, 2.24) is 5.32 Å². The summed E-state index contributed by atoms with van der Waals surface area (Å²) >= 11 is 0. The van der Waals surface area contributed by atoms with Gasteiger partial charge in [0.2, 0.25) is 0 Å². The number of nitro benzene ring substituents is 1. The van der Waals surface area contributed by atoms with Gasteiger partial charge in [-0.2, -0.15) is 0 Å². The number of unbranched alkanes of at least 4 members (excludes halogenated alkanes) is 3. The molecule has 8 heteroatoms. The molecule has 1 aliphatic heterocycles. The number of aliphatic hydroxyl groups excluding tert-OH is 1. The van der Waals surface area contributed by atoms with Crippen molar-refractivity contribution in [3.05, 3.63) is 27.8 Å². The highest BCUT2D eigenvalue weighted by Crippen LogP contribution is 2.43. The maximum absolute atomic E-state index is 11.1. The van der Waals surface area contributed by atoms with Crippen molar-refractivity contribution >= 4 is 17.2 Å². The molecule has 27 heavy (non-hydrogen) atoms. The van der Waals surface area contributed by atoms with E-state index in [0.29, 0.717) is 24.3 Å². The number of nitrogens with one attached hydrogen (secondary N) is 1. The molecule has 2 unspecified atom stereocenters. The molecular formula is C19H29N3O5. The van der Waals surface area contributed by atoms with Crippen molar-refractivity contribution in [3.63, 3.8) is 0 Å². The van der Waals surface area contributed by atoms with Crippen LogP contribution in [0.4, 0.5) is 11.4 Å². The van der Waals surface area contributed by atoms with Gasteiger partial charge < -0.3 is 25.7 Å². The van der Waals surface area contributed by atoms with Gasteiger partial charge in [-0.05, 0) is 46.2 Å². The van der Waals surface area contributed by atoms with Crippen molar-refractivity contribution in [2.45, 2.75) is 70.6 Å². The molecule has 1 heterocycles. The molecule has 2 atom stereocenters. The Hall–Kier alpha value is -2.19. The van der Waals surface area contributed by atoms with Crippen LogP contribution in [-0.4, -0.2) is 34.1 Å². The van der Waals surface area contributed by atoms with E-state index in [2.05, 4.69) is 5.32 Å². The van der Waals surface area contributed by atoms with Crippen LogP contribution in [0.2, 0.25) is 0 Å². The summed E-state index contributed by atoms with van der Waals surface area (Å²) in [6.45, 7) is 5.77. The number of benzene rings is 1. The van der Waals surface area contributed by atoms with Crippen molar-refractivity contribution in [2.75, 3.05) is 12.3 Å². The smallest absolute Gasteiger partial charge is 0.295 e. The van der Waals surface area contributed by atoms with E-state index in [4.69, 9.17) is 10.5 Å². The van der Waals surface area contributed by atoms with Gasteiger partial charge in [0, 0.05) is 12.0 Å². The van der Waals surface area contributed by atoms with Gasteiger partial charge in [0.15, 0.2) is 0 Å². The number of nitrogens with two attached hydrogens (primary N) is 1. The van der Waals surface area contributed by atoms with Crippen LogP contribution in [0.25, 0.3) is 0 Å². The lowest BCUT2D eigenvalue weighted by atomic mass is 9.86. The highest BCUT2D eigenvalue weighted by atomic mass is 16.6. The Morgan fingerprint density at radius 1 is 1.33 bits per heavy atom. The SMILES string of the molecule is CC(=O)CCCCCCNC1c2cc(N)c([N+](=O)[O-])cc2OC(C)(C)C1O. The number of hydrogen-bond acceptors (Lipinski definition) is 7. The molecule has 0 saturated carbocycles. The van der Waals surface area contributed by atoms with E-state index < -0.39 is 22.7 Å². The minimum atomic E-state index is -0.893. The van der Waals surface area contributed by atoms with E-state index in [1.807, 2.05) is 0 Å². The van der Waals surface area contributed by atoms with Gasteiger partial charge in [0.1, 0.15) is 28.9 Å². The number of ether oxygens (including phenoxy) is 1. The van der Waals surface area contributed by atoms with E-state index in [-0.39, 0.29) is 17.2 Å². The van der Waals surface area contributed by atoms with Gasteiger partial charge in [0.05, 0.1) is 17.0 Å². The van der Waals surface area contributed by atoms with Gasteiger partial charge in [-0.1, -0.05) is 12.8 Å². The quantitative estimate of drug-likeness (QED) is 0.260. The normalized spacial score (nSPS) is 20.6. The topological polar surface area (TPSA) is 128 Å². The molecule has 0 bridgehead atoms. The van der Waals surface area contributed by atoms with E-state index in [9.17, 15) is 20.0 Å². The molecule has 0 radical (unpaired) electrons. The first kappa shape index (κ1) is 21.1. The monoisotopic (exact) mass is 379 g/mol. The zero-order valence-corrected chi connectivity index (χ0v) is 16.2. The predicted molar refractivity (Wildman–Crippen MR) is 103 cm³/mol. The lowest BCUT2D eigenvalue weighted by Crippen LogP contribution is -2.52. The summed E-state index contributed by atoms with van der Waals surface area (Å²) in [6, 6.07) is 2.41. The Kier molecular flexibility index (Phi) is 6.78. The first-order valence-corrected chi connectivity index (χ1v) is 9.31. The fourth-order valence-corrected chi connectivity index (χ4v) is 3.34. The van der Waals surface area contributed by atoms with Crippen LogP contribution >= 0.6 is 0 Å². The first-order valence-electron chi connectivity index (χ1n) is 9.31. The number of aliphatic hydroxyl groups is 1. The molecule has 0 amide bonds. The highest BCUT2D eigenvalue weighted by Gasteiger charge is 2.43. The van der Waals surface area contributed by atoms with Gasteiger partial charge in [0.25, 0.3) is 5.69 Å². The Balaban J connectivity index is 2.06. The molecule has 0 saturated heterocycles. The van der Waals surface area contributed by atoms with Crippen molar-refractivity contribution < 1.29 is 19.6 Å². The Bertz CT molecular complexity index is 705. The molecule has 4 N–H and O–H groups in total. The van der Waals surface area contributed by atoms with Gasteiger partial charge >= 0.3 is 0 Å². The maximum Gasteiger partial charge on any atom is 0.295 e. The molecule has 2 rings (SSSR count). The average Bonchev–Trinajstić information content (AvgIpc) is 2.56. The number of carbonyl (C=O) groups excluding carboxylic acids is 1. The van der Waals surface area contributed by atoms with Crippen molar-refractivity contribution in [1.29, 1.82) is 0 Å². The van der Waals surface area contributed by atoms with Crippen molar-refractivity contribution in [2.24, 2.45) is 0 Å². The molecule has 150 valence electrons. The summed E-state index contributed by atoms with van der Waals surface area (Å²) in [5.41, 5.74) is 5.40. The van der Waals surface area contributed by atoms with E-state index in [1.54, 1.807) is 20.8 Å². The number of nitrogen functional groups attached to an aromatic ring is 1. The molecular weight excluding hydrogens is 350 g/mol. The molecule has 8 nitrogen and oxygen atoms in total. The Labute approximate surface area is 159 Å². The Morgan fingerprint density at radius 2 is 2.00 bits per heavy atom. The summed E-state index contributed by atoms with van der Waals surface area (Å²) in [5.74, 6) is 0.578. The molecule has 0 fully saturated rings. The van der Waals surface area contributed by atoms with Crippen LogP contribution < -0.4 is 15.8 Å². The summed E-state index contributed by atoms with van der Waals surface area (Å²) < 4.78 is 5.81. The van der Waals surface area contributed by atoms with E-state index in [0.717, 1.165) is 25.7 Å². The number of nitro groups is 1. The number of anilines is 1. The lowest BCUT2D eigenvalue weighted by molar-refractivity contribution is -0.384. The van der Waals surface area contributed by atoms with Gasteiger partial charge in [-0.3, -0.25) is 10.1 Å². The van der Waals surface area contributed by atoms with Gasteiger partial charge in [-0.15, -0.1) is 0 Å². The summed E-state index contributed by atoms with van der Waals surface area (Å²) in [4.78, 5) is 21.5. The lowest BCUT2D eigenvalue weighted by Gasteiger charge is -2.42. The minimum absolute atomic E-state index is 0.0466. The van der Waals surface area contributed by atoms with Crippen LogP contribution in [0.5, 0.6) is 5.75 Å². The van der Waals surface area contributed by atoms with E-state index >= 15 is 0 Å². The van der Waals surface area contributed by atoms with Crippen LogP contribution in [0.1, 0.15) is 64.5 Å². The fraction of sp³-hybridized carbons (Fsp3) is 0.632. The van der Waals surface area contributed by atoms with E-state index in [1.165, 1.54) is 12.1 Å². The maximum atomic E-state index is 11.1. The number of nitrogens with zero attached hydrogens (tertiary/aromatic N) is 1. The summed E-state index contributed by atoms with van der Waals surface area (Å²) in [7, 11) is 0. The minimum Gasteiger partial charge on any atom is -0.484 e. The largest absolute Gasteiger partial charge is 0.484 e. The number of Topliss-reactive ketones (excluding diaryl/α,β-unsaturated/α-hetero) is 1. The van der Waals surface area contributed by atoms with Crippen molar-refractivity contribution in [3.8, 4) is 5.75 Å². The molecule has 1 aromatic rings. The Morgan fingerprint density at radius 3 is 2.63 bits per heavy atom. The number of hydrogen-bond donors (Lipinski definition) is 3. The molecule has 0 spiro atoms. The average molecular weight is 379 g/mol. The second-order valence-corrected chi connectivity index (χ2v) is 7.65. The molecule has 0 aliphatic carbocycles. The fourth-order valence-electron chi connectivity index (χ4n) is 3.34. The summed E-state index contributed by atoms with van der Waals surface area (Å²) in [6.07, 6.45) is 3.55.